The molecule has 0 saturated carbocycles. The van der Waals surface area contributed by atoms with E-state index in [0.29, 0.717) is 22.3 Å². The summed E-state index contributed by atoms with van der Waals surface area (Å²) in [6.07, 6.45) is 2.19. The van der Waals surface area contributed by atoms with Gasteiger partial charge in [0.05, 0.1) is 10.0 Å². The summed E-state index contributed by atoms with van der Waals surface area (Å²) < 4.78 is 5.58. The summed E-state index contributed by atoms with van der Waals surface area (Å²) >= 11 is 13.7. The molecular weight excluding hydrogens is 367 g/mol. The Bertz CT molecular complexity index is 691. The Morgan fingerprint density at radius 3 is 2.88 bits per heavy atom. The first-order chi connectivity index (χ1) is 11.5. The molecule has 0 aliphatic carbocycles. The molecule has 2 rings (SSSR count). The number of ether oxygens (including phenoxy) is 1. The van der Waals surface area contributed by atoms with Gasteiger partial charge in [0.25, 0.3) is 5.91 Å². The highest BCUT2D eigenvalue weighted by atomic mass is 35.5. The van der Waals surface area contributed by atoms with Gasteiger partial charge in [-0.1, -0.05) is 29.3 Å². The Morgan fingerprint density at radius 1 is 1.38 bits per heavy atom. The molecule has 1 heterocycles. The Balaban J connectivity index is 1.69. The predicted octanol–water partition coefficient (Wildman–Crippen LogP) is 4.66. The van der Waals surface area contributed by atoms with Crippen molar-refractivity contribution in [2.45, 2.75) is 39.2 Å². The molecule has 7 heteroatoms. The van der Waals surface area contributed by atoms with E-state index < -0.39 is 6.10 Å². The molecule has 0 fully saturated rings. The normalized spacial score (nSPS) is 12.0. The molecular formula is C17H20Cl2N2O2S. The summed E-state index contributed by atoms with van der Waals surface area (Å²) in [5.74, 6) is 0.238. The molecule has 1 amide bonds. The number of hydrogen-bond donors (Lipinski definition) is 1. The zero-order valence-electron chi connectivity index (χ0n) is 13.6. The SMILES string of the molecule is Cc1csc(CCCCNC(=O)C(C)Oc2cccc(Cl)c2Cl)n1. The first-order valence-corrected chi connectivity index (χ1v) is 9.40. The van der Waals surface area contributed by atoms with E-state index in [4.69, 9.17) is 27.9 Å². The average Bonchev–Trinajstić information content (AvgIpc) is 2.96. The molecule has 0 saturated heterocycles. The van der Waals surface area contributed by atoms with Crippen LogP contribution in [0, 0.1) is 6.92 Å². The van der Waals surface area contributed by atoms with Crippen LogP contribution in [0.25, 0.3) is 0 Å². The van der Waals surface area contributed by atoms with Crippen LogP contribution in [-0.4, -0.2) is 23.5 Å². The number of halogens is 2. The second-order valence-corrected chi connectivity index (χ2v) is 7.17. The third-order valence-corrected chi connectivity index (χ3v) is 5.20. The van der Waals surface area contributed by atoms with Crippen molar-refractivity contribution in [3.8, 4) is 5.75 Å². The smallest absolute Gasteiger partial charge is 0.260 e. The van der Waals surface area contributed by atoms with Crippen LogP contribution in [0.5, 0.6) is 5.75 Å². The number of thiazole rings is 1. The predicted molar refractivity (Wildman–Crippen MR) is 99.4 cm³/mol. The Hall–Kier alpha value is -1.30. The highest BCUT2D eigenvalue weighted by Gasteiger charge is 2.16. The zero-order valence-corrected chi connectivity index (χ0v) is 16.0. The van der Waals surface area contributed by atoms with E-state index in [1.807, 2.05) is 6.92 Å². The van der Waals surface area contributed by atoms with Crippen molar-refractivity contribution in [1.82, 2.24) is 10.3 Å². The molecule has 0 aliphatic heterocycles. The Labute approximate surface area is 156 Å². The van der Waals surface area contributed by atoms with Crippen LogP contribution >= 0.6 is 34.5 Å². The van der Waals surface area contributed by atoms with E-state index in [0.717, 1.165) is 30.0 Å². The van der Waals surface area contributed by atoms with Crippen LogP contribution in [0.15, 0.2) is 23.6 Å². The number of benzene rings is 1. The number of unbranched alkanes of at least 4 members (excludes halogenated alkanes) is 1. The molecule has 1 aromatic heterocycles. The maximum absolute atomic E-state index is 12.1. The fourth-order valence-electron chi connectivity index (χ4n) is 2.09. The van der Waals surface area contributed by atoms with Crippen LogP contribution in [0.4, 0.5) is 0 Å². The van der Waals surface area contributed by atoms with Crippen LogP contribution < -0.4 is 10.1 Å². The summed E-state index contributed by atoms with van der Waals surface area (Å²) in [6, 6.07) is 5.09. The lowest BCUT2D eigenvalue weighted by atomic mass is 10.2. The monoisotopic (exact) mass is 386 g/mol. The van der Waals surface area contributed by atoms with Gasteiger partial charge in [0, 0.05) is 17.6 Å². The van der Waals surface area contributed by atoms with Crippen molar-refractivity contribution < 1.29 is 9.53 Å². The lowest BCUT2D eigenvalue weighted by molar-refractivity contribution is -0.127. The maximum atomic E-state index is 12.1. The van der Waals surface area contributed by atoms with Crippen molar-refractivity contribution in [3.63, 3.8) is 0 Å². The third kappa shape index (κ3) is 5.65. The quantitative estimate of drug-likeness (QED) is 0.670. The van der Waals surface area contributed by atoms with Crippen molar-refractivity contribution in [1.29, 1.82) is 0 Å². The minimum atomic E-state index is -0.637. The molecule has 1 unspecified atom stereocenters. The van der Waals surface area contributed by atoms with E-state index in [2.05, 4.69) is 15.7 Å². The number of hydrogen-bond acceptors (Lipinski definition) is 4. The molecule has 130 valence electrons. The first-order valence-electron chi connectivity index (χ1n) is 7.76. The highest BCUT2D eigenvalue weighted by molar-refractivity contribution is 7.09. The van der Waals surface area contributed by atoms with Crippen molar-refractivity contribution in [3.05, 3.63) is 44.3 Å². The molecule has 1 atom stereocenters. The van der Waals surface area contributed by atoms with E-state index in [9.17, 15) is 4.79 Å². The molecule has 1 aromatic carbocycles. The second-order valence-electron chi connectivity index (χ2n) is 5.44. The van der Waals surface area contributed by atoms with Crippen molar-refractivity contribution in [2.75, 3.05) is 6.54 Å². The van der Waals surface area contributed by atoms with Gasteiger partial charge in [-0.25, -0.2) is 4.98 Å². The third-order valence-electron chi connectivity index (χ3n) is 3.37. The summed E-state index contributed by atoms with van der Waals surface area (Å²) in [7, 11) is 0. The fourth-order valence-corrected chi connectivity index (χ4v) is 3.25. The van der Waals surface area contributed by atoms with Gasteiger partial charge in [0.2, 0.25) is 0 Å². The Kier molecular flexibility index (Phi) is 7.34. The number of aromatic nitrogens is 1. The van der Waals surface area contributed by atoms with E-state index in [-0.39, 0.29) is 5.91 Å². The molecule has 0 aliphatic rings. The Morgan fingerprint density at radius 2 is 2.17 bits per heavy atom. The second kappa shape index (κ2) is 9.25. The maximum Gasteiger partial charge on any atom is 0.260 e. The van der Waals surface area contributed by atoms with Gasteiger partial charge in [-0.2, -0.15) is 0 Å². The highest BCUT2D eigenvalue weighted by Crippen LogP contribution is 2.32. The van der Waals surface area contributed by atoms with Crippen LogP contribution in [0.2, 0.25) is 10.0 Å². The average molecular weight is 387 g/mol. The van der Waals surface area contributed by atoms with Gasteiger partial charge in [-0.05, 0) is 45.2 Å². The standard InChI is InChI=1S/C17H20Cl2N2O2S/c1-11-10-24-15(21-11)8-3-4-9-20-17(22)12(2)23-14-7-5-6-13(18)16(14)19/h5-7,10,12H,3-4,8-9H2,1-2H3,(H,20,22). The molecule has 0 spiro atoms. The largest absolute Gasteiger partial charge is 0.479 e. The van der Waals surface area contributed by atoms with Gasteiger partial charge in [0.15, 0.2) is 6.10 Å². The van der Waals surface area contributed by atoms with Gasteiger partial charge < -0.3 is 10.1 Å². The van der Waals surface area contributed by atoms with E-state index in [1.165, 1.54) is 0 Å². The molecule has 24 heavy (non-hydrogen) atoms. The van der Waals surface area contributed by atoms with E-state index >= 15 is 0 Å². The van der Waals surface area contributed by atoms with Gasteiger partial charge in [-0.3, -0.25) is 4.79 Å². The number of carbonyl (C=O) groups is 1. The zero-order chi connectivity index (χ0) is 17.5. The summed E-state index contributed by atoms with van der Waals surface area (Å²) in [6.45, 7) is 4.29. The first kappa shape index (κ1) is 19.0. The van der Waals surface area contributed by atoms with Crippen LogP contribution in [0.1, 0.15) is 30.5 Å². The summed E-state index contributed by atoms with van der Waals surface area (Å²) in [4.78, 5) is 16.5. The number of aryl methyl sites for hydroxylation is 2. The van der Waals surface area contributed by atoms with Gasteiger partial charge >= 0.3 is 0 Å². The van der Waals surface area contributed by atoms with Crippen LogP contribution in [-0.2, 0) is 11.2 Å². The number of nitrogens with one attached hydrogen (secondary N) is 1. The number of amides is 1. The van der Waals surface area contributed by atoms with Crippen LogP contribution in [0.3, 0.4) is 0 Å². The van der Waals surface area contributed by atoms with E-state index in [1.54, 1.807) is 36.5 Å². The number of rotatable bonds is 8. The van der Waals surface area contributed by atoms with Crippen molar-refractivity contribution >= 4 is 40.4 Å². The lowest BCUT2D eigenvalue weighted by Crippen LogP contribution is -2.36. The molecule has 0 bridgehead atoms. The van der Waals surface area contributed by atoms with Gasteiger partial charge in [-0.15, -0.1) is 11.3 Å². The molecule has 0 radical (unpaired) electrons. The number of nitrogens with zero attached hydrogens (tertiary/aromatic N) is 1. The minimum absolute atomic E-state index is 0.170. The topological polar surface area (TPSA) is 51.2 Å². The summed E-state index contributed by atoms with van der Waals surface area (Å²) in [5.41, 5.74) is 1.06. The molecule has 2 aromatic rings. The number of carbonyl (C=O) groups excluding carboxylic acids is 1. The van der Waals surface area contributed by atoms with Crippen molar-refractivity contribution in [2.24, 2.45) is 0 Å². The fraction of sp³-hybridized carbons (Fsp3) is 0.412. The van der Waals surface area contributed by atoms with Gasteiger partial charge in [0.1, 0.15) is 10.8 Å². The molecule has 1 N–H and O–H groups in total. The minimum Gasteiger partial charge on any atom is -0.479 e. The molecule has 4 nitrogen and oxygen atoms in total. The lowest BCUT2D eigenvalue weighted by Gasteiger charge is -2.16. The summed E-state index contributed by atoms with van der Waals surface area (Å²) in [5, 5.41) is 6.79.